The Morgan fingerprint density at radius 2 is 1.69 bits per heavy atom. The maximum Gasteiger partial charge on any atom is 0.336 e. The summed E-state index contributed by atoms with van der Waals surface area (Å²) >= 11 is 0. The molecule has 32 heavy (non-hydrogen) atoms. The average Bonchev–Trinajstić information content (AvgIpc) is 3.31. The van der Waals surface area contributed by atoms with Gasteiger partial charge in [0.2, 0.25) is 0 Å². The molecule has 0 fully saturated rings. The molecule has 1 heterocycles. The van der Waals surface area contributed by atoms with Crippen molar-refractivity contribution in [2.75, 3.05) is 0 Å². The average molecular weight is 434 g/mol. The first kappa shape index (κ1) is 21.4. The maximum absolute atomic E-state index is 13.4. The van der Waals surface area contributed by atoms with E-state index in [1.54, 1.807) is 48.9 Å². The van der Waals surface area contributed by atoms with Crippen LogP contribution in [0.25, 0.3) is 11.1 Å². The molecule has 0 aliphatic heterocycles. The van der Waals surface area contributed by atoms with E-state index in [9.17, 15) is 18.7 Å². The van der Waals surface area contributed by atoms with Crippen molar-refractivity contribution in [3.8, 4) is 11.1 Å². The summed E-state index contributed by atoms with van der Waals surface area (Å²) in [5, 5.41) is 9.56. The van der Waals surface area contributed by atoms with Gasteiger partial charge in [-0.3, -0.25) is 0 Å². The summed E-state index contributed by atoms with van der Waals surface area (Å²) in [5.41, 5.74) is 2.76. The maximum atomic E-state index is 13.4. The first-order valence-electron chi connectivity index (χ1n) is 9.94. The van der Waals surface area contributed by atoms with E-state index < -0.39 is 11.8 Å². The Bertz CT molecular complexity index is 1190. The Hall–Kier alpha value is -3.84. The molecule has 0 saturated carbocycles. The fraction of sp³-hybridized carbons (Fsp3) is 0.120. The zero-order chi connectivity index (χ0) is 22.5. The number of aromatic nitrogens is 2. The Morgan fingerprint density at radius 1 is 1.00 bits per heavy atom. The number of rotatable bonds is 8. The smallest absolute Gasteiger partial charge is 0.336 e. The van der Waals surface area contributed by atoms with Crippen LogP contribution in [-0.4, -0.2) is 20.6 Å². The van der Waals surface area contributed by atoms with Crippen molar-refractivity contribution in [2.24, 2.45) is 0 Å². The first-order chi connectivity index (χ1) is 15.5. The highest BCUT2D eigenvalue weighted by Crippen LogP contribution is 2.28. The minimum atomic E-state index is -1.07. The second-order valence-electron chi connectivity index (χ2n) is 7.30. The molecular weight excluding hydrogens is 414 g/mol. The standard InChI is InChI=1S/C25H20F2N2O3/c26-20-6-2-18(3-7-20)23-13-17(1-10-22(23)25(30)31)15-32-24(14-29-12-11-28-16-29)19-4-8-21(27)9-5-19/h1-13,16,24H,14-15H2,(H,30,31). The normalized spacial score (nSPS) is 11.9. The number of nitrogens with zero attached hydrogens (tertiary/aromatic N) is 2. The lowest BCUT2D eigenvalue weighted by molar-refractivity contribution is 0.0279. The van der Waals surface area contributed by atoms with Crippen molar-refractivity contribution in [3.63, 3.8) is 0 Å². The Kier molecular flexibility index (Phi) is 6.37. The lowest BCUT2D eigenvalue weighted by atomic mass is 9.97. The topological polar surface area (TPSA) is 64.3 Å². The van der Waals surface area contributed by atoms with Crippen molar-refractivity contribution in [1.29, 1.82) is 0 Å². The SMILES string of the molecule is O=C(O)c1ccc(COC(Cn2ccnc2)c2ccc(F)cc2)cc1-c1ccc(F)cc1. The number of aromatic carboxylic acids is 1. The number of benzene rings is 3. The largest absolute Gasteiger partial charge is 0.478 e. The number of carboxylic acids is 1. The molecule has 1 atom stereocenters. The molecule has 7 heteroatoms. The van der Waals surface area contributed by atoms with Gasteiger partial charge in [-0.1, -0.05) is 30.3 Å². The van der Waals surface area contributed by atoms with Crippen LogP contribution in [0.2, 0.25) is 0 Å². The molecule has 1 aromatic heterocycles. The van der Waals surface area contributed by atoms with Crippen molar-refractivity contribution < 1.29 is 23.4 Å². The molecule has 5 nitrogen and oxygen atoms in total. The highest BCUT2D eigenvalue weighted by Gasteiger charge is 2.16. The van der Waals surface area contributed by atoms with Gasteiger partial charge in [-0.25, -0.2) is 18.6 Å². The fourth-order valence-electron chi connectivity index (χ4n) is 3.45. The highest BCUT2D eigenvalue weighted by molar-refractivity contribution is 5.96. The minimum absolute atomic E-state index is 0.119. The molecule has 0 aliphatic carbocycles. The molecule has 0 amide bonds. The Balaban J connectivity index is 1.59. The van der Waals surface area contributed by atoms with Gasteiger partial charge in [0.25, 0.3) is 0 Å². The predicted octanol–water partition coefficient (Wildman–Crippen LogP) is 5.48. The zero-order valence-electron chi connectivity index (χ0n) is 17.0. The van der Waals surface area contributed by atoms with Crippen LogP contribution in [-0.2, 0) is 17.9 Å². The van der Waals surface area contributed by atoms with Crippen LogP contribution in [0.3, 0.4) is 0 Å². The van der Waals surface area contributed by atoms with Gasteiger partial charge in [0.05, 0.1) is 25.0 Å². The summed E-state index contributed by atoms with van der Waals surface area (Å²) in [6, 6.07) is 16.7. The van der Waals surface area contributed by atoms with Crippen LogP contribution in [0, 0.1) is 11.6 Å². The zero-order valence-corrected chi connectivity index (χ0v) is 17.0. The molecular formula is C25H20F2N2O3. The van der Waals surface area contributed by atoms with E-state index in [0.29, 0.717) is 17.7 Å². The molecule has 0 spiro atoms. The molecule has 0 bridgehead atoms. The van der Waals surface area contributed by atoms with Crippen molar-refractivity contribution in [3.05, 3.63) is 114 Å². The number of ether oxygens (including phenoxy) is 1. The van der Waals surface area contributed by atoms with Gasteiger partial charge in [0.15, 0.2) is 0 Å². The fourth-order valence-corrected chi connectivity index (χ4v) is 3.45. The Morgan fingerprint density at radius 3 is 2.31 bits per heavy atom. The molecule has 0 radical (unpaired) electrons. The molecule has 0 aliphatic rings. The van der Waals surface area contributed by atoms with E-state index in [2.05, 4.69) is 4.98 Å². The number of hydrogen-bond donors (Lipinski definition) is 1. The van der Waals surface area contributed by atoms with Gasteiger partial charge in [-0.05, 0) is 58.7 Å². The third-order valence-electron chi connectivity index (χ3n) is 5.10. The van der Waals surface area contributed by atoms with Crippen LogP contribution >= 0.6 is 0 Å². The summed E-state index contributed by atoms with van der Waals surface area (Å²) in [6.45, 7) is 0.675. The van der Waals surface area contributed by atoms with Gasteiger partial charge in [0.1, 0.15) is 17.7 Å². The van der Waals surface area contributed by atoms with Crippen LogP contribution in [0.4, 0.5) is 8.78 Å². The molecule has 1 N–H and O–H groups in total. The van der Waals surface area contributed by atoms with Crippen LogP contribution in [0.5, 0.6) is 0 Å². The Labute approximate surface area is 183 Å². The third kappa shape index (κ3) is 5.07. The van der Waals surface area contributed by atoms with Crippen LogP contribution in [0.15, 0.2) is 85.5 Å². The van der Waals surface area contributed by atoms with Crippen LogP contribution < -0.4 is 0 Å². The van der Waals surface area contributed by atoms with E-state index in [4.69, 9.17) is 4.74 Å². The summed E-state index contributed by atoms with van der Waals surface area (Å²) in [4.78, 5) is 15.7. The number of carbonyl (C=O) groups is 1. The van der Waals surface area contributed by atoms with Crippen molar-refractivity contribution in [1.82, 2.24) is 9.55 Å². The molecule has 0 saturated heterocycles. The molecule has 4 aromatic rings. The summed E-state index contributed by atoms with van der Waals surface area (Å²) in [5.74, 6) is -1.80. The highest BCUT2D eigenvalue weighted by atomic mass is 19.1. The van der Waals surface area contributed by atoms with Gasteiger partial charge in [-0.15, -0.1) is 0 Å². The molecule has 3 aromatic carbocycles. The second-order valence-corrected chi connectivity index (χ2v) is 7.30. The van der Waals surface area contributed by atoms with Gasteiger partial charge in [-0.2, -0.15) is 0 Å². The summed E-state index contributed by atoms with van der Waals surface area (Å²) < 4.78 is 34.7. The van der Waals surface area contributed by atoms with E-state index >= 15 is 0 Å². The monoisotopic (exact) mass is 434 g/mol. The summed E-state index contributed by atoms with van der Waals surface area (Å²) in [6.07, 6.45) is 4.78. The lowest BCUT2D eigenvalue weighted by Gasteiger charge is -2.20. The quantitative estimate of drug-likeness (QED) is 0.399. The number of halogens is 2. The second kappa shape index (κ2) is 9.53. The number of carboxylic acid groups (broad SMARTS) is 1. The van der Waals surface area contributed by atoms with Gasteiger partial charge in [0, 0.05) is 12.4 Å². The van der Waals surface area contributed by atoms with Gasteiger partial charge < -0.3 is 14.4 Å². The molecule has 4 rings (SSSR count). The van der Waals surface area contributed by atoms with E-state index in [0.717, 1.165) is 11.1 Å². The first-order valence-corrected chi connectivity index (χ1v) is 9.94. The van der Waals surface area contributed by atoms with Crippen molar-refractivity contribution >= 4 is 5.97 Å². The summed E-state index contributed by atoms with van der Waals surface area (Å²) in [7, 11) is 0. The van der Waals surface area contributed by atoms with Gasteiger partial charge >= 0.3 is 5.97 Å². The van der Waals surface area contributed by atoms with E-state index in [1.807, 2.05) is 10.8 Å². The van der Waals surface area contributed by atoms with E-state index in [1.165, 1.54) is 30.3 Å². The molecule has 162 valence electrons. The van der Waals surface area contributed by atoms with Crippen LogP contribution in [0.1, 0.15) is 27.6 Å². The van der Waals surface area contributed by atoms with Crippen molar-refractivity contribution in [2.45, 2.75) is 19.3 Å². The minimum Gasteiger partial charge on any atom is -0.478 e. The molecule has 1 unspecified atom stereocenters. The predicted molar refractivity (Wildman–Crippen MR) is 115 cm³/mol. The number of imidazole rings is 1. The lowest BCUT2D eigenvalue weighted by Crippen LogP contribution is -2.12. The number of hydrogen-bond acceptors (Lipinski definition) is 3. The van der Waals surface area contributed by atoms with E-state index in [-0.39, 0.29) is 24.1 Å². The third-order valence-corrected chi connectivity index (χ3v) is 5.10.